The molecule has 0 radical (unpaired) electrons. The summed E-state index contributed by atoms with van der Waals surface area (Å²) in [5.41, 5.74) is 2.18. The molecule has 3 rings (SSSR count). The Kier molecular flexibility index (Phi) is 6.82. The van der Waals surface area contributed by atoms with Gasteiger partial charge in [0.15, 0.2) is 0 Å². The molecule has 1 aliphatic rings. The largest absolute Gasteiger partial charge is 0.444 e. The van der Waals surface area contributed by atoms with Crippen molar-refractivity contribution in [2.24, 2.45) is 0 Å². The normalized spacial score (nSPS) is 14.1. The summed E-state index contributed by atoms with van der Waals surface area (Å²) in [5, 5.41) is 4.66. The van der Waals surface area contributed by atoms with Gasteiger partial charge in [0.2, 0.25) is 6.29 Å². The number of amides is 1. The van der Waals surface area contributed by atoms with E-state index in [9.17, 15) is 9.59 Å². The Labute approximate surface area is 173 Å². The number of carbonyl (C=O) groups excluding carboxylic acids is 2. The van der Waals surface area contributed by atoms with Crippen LogP contribution >= 0.6 is 11.3 Å². The second kappa shape index (κ2) is 9.51. The Morgan fingerprint density at radius 1 is 1.17 bits per heavy atom. The third-order valence-electron chi connectivity index (χ3n) is 4.42. The van der Waals surface area contributed by atoms with Gasteiger partial charge in [-0.1, -0.05) is 36.4 Å². The van der Waals surface area contributed by atoms with E-state index in [-0.39, 0.29) is 13.2 Å². The molecule has 8 heteroatoms. The Hall–Kier alpha value is -2.94. The first-order valence-corrected chi connectivity index (χ1v) is 9.76. The highest BCUT2D eigenvalue weighted by molar-refractivity contribution is 7.11. The molecule has 0 atom stereocenters. The topological polar surface area (TPSA) is 77.1 Å². The summed E-state index contributed by atoms with van der Waals surface area (Å²) < 4.78 is 16.1. The molecule has 0 fully saturated rings. The van der Waals surface area contributed by atoms with Gasteiger partial charge in [0.05, 0.1) is 17.1 Å². The van der Waals surface area contributed by atoms with Crippen LogP contribution in [0.15, 0.2) is 65.7 Å². The van der Waals surface area contributed by atoms with E-state index >= 15 is 0 Å². The third-order valence-corrected chi connectivity index (χ3v) is 5.31. The van der Waals surface area contributed by atoms with Crippen molar-refractivity contribution in [3.8, 4) is 0 Å². The molecule has 1 aromatic heterocycles. The molecule has 152 valence electrons. The van der Waals surface area contributed by atoms with Crippen LogP contribution in [0.5, 0.6) is 0 Å². The average Bonchev–Trinajstić information content (AvgIpc) is 3.30. The van der Waals surface area contributed by atoms with E-state index < -0.39 is 12.0 Å². The quantitative estimate of drug-likeness (QED) is 0.527. The van der Waals surface area contributed by atoms with Gasteiger partial charge in [0.1, 0.15) is 6.61 Å². The smallest absolute Gasteiger partial charge is 0.411 e. The first-order chi connectivity index (χ1) is 14.1. The number of aldehydes is 1. The number of nitrogens with one attached hydrogen (secondary N) is 1. The maximum Gasteiger partial charge on any atom is 0.411 e. The zero-order valence-electron chi connectivity index (χ0n) is 16.2. The zero-order valence-corrected chi connectivity index (χ0v) is 17.0. The number of hydrogen-bond acceptors (Lipinski definition) is 7. The van der Waals surface area contributed by atoms with Crippen molar-refractivity contribution >= 4 is 29.4 Å². The monoisotopic (exact) mass is 414 g/mol. The van der Waals surface area contributed by atoms with Crippen LogP contribution in [-0.2, 0) is 25.6 Å². The predicted molar refractivity (Wildman–Crippen MR) is 110 cm³/mol. The van der Waals surface area contributed by atoms with Crippen molar-refractivity contribution in [2.45, 2.75) is 12.5 Å². The summed E-state index contributed by atoms with van der Waals surface area (Å²) in [4.78, 5) is 26.6. The van der Waals surface area contributed by atoms with Gasteiger partial charge < -0.3 is 19.1 Å². The van der Waals surface area contributed by atoms with Crippen molar-refractivity contribution in [1.82, 2.24) is 10.2 Å². The van der Waals surface area contributed by atoms with Crippen LogP contribution in [0.25, 0.3) is 5.70 Å². The fourth-order valence-electron chi connectivity index (χ4n) is 2.93. The summed E-state index contributed by atoms with van der Waals surface area (Å²) in [6.45, 7) is 0.346. The first kappa shape index (κ1) is 20.8. The van der Waals surface area contributed by atoms with Crippen molar-refractivity contribution in [3.05, 3.63) is 76.1 Å². The van der Waals surface area contributed by atoms with Crippen molar-refractivity contribution in [3.63, 3.8) is 0 Å². The number of alkyl carbamates (subject to hydrolysis) is 1. The molecule has 1 N–H and O–H groups in total. The number of thiophene rings is 1. The molecule has 2 aromatic rings. The molecule has 0 unspecified atom stereocenters. The van der Waals surface area contributed by atoms with Crippen molar-refractivity contribution < 1.29 is 23.8 Å². The van der Waals surface area contributed by atoms with Crippen LogP contribution < -0.4 is 5.32 Å². The molecule has 7 nitrogen and oxygen atoms in total. The van der Waals surface area contributed by atoms with Crippen LogP contribution in [0.4, 0.5) is 4.79 Å². The van der Waals surface area contributed by atoms with E-state index in [0.717, 1.165) is 16.1 Å². The van der Waals surface area contributed by atoms with E-state index in [1.54, 1.807) is 17.1 Å². The van der Waals surface area contributed by atoms with Gasteiger partial charge in [-0.15, -0.1) is 11.3 Å². The van der Waals surface area contributed by atoms with E-state index in [1.807, 2.05) is 47.8 Å². The van der Waals surface area contributed by atoms with E-state index in [4.69, 9.17) is 14.2 Å². The molecule has 2 heterocycles. The minimum atomic E-state index is -1.62. The van der Waals surface area contributed by atoms with Gasteiger partial charge in [-0.25, -0.2) is 4.79 Å². The Morgan fingerprint density at radius 3 is 2.55 bits per heavy atom. The maximum atomic E-state index is 12.2. The van der Waals surface area contributed by atoms with Crippen LogP contribution in [0.1, 0.15) is 10.4 Å². The summed E-state index contributed by atoms with van der Waals surface area (Å²) in [6.07, 6.45) is 3.58. The zero-order chi connectivity index (χ0) is 20.7. The Bertz CT molecular complexity index is 889. The molecule has 1 aromatic carbocycles. The lowest BCUT2D eigenvalue weighted by atomic mass is 10.1. The number of benzene rings is 1. The second-order valence-electron chi connectivity index (χ2n) is 6.15. The van der Waals surface area contributed by atoms with Gasteiger partial charge in [0.25, 0.3) is 0 Å². The van der Waals surface area contributed by atoms with Crippen LogP contribution in [0, 0.1) is 0 Å². The van der Waals surface area contributed by atoms with Crippen molar-refractivity contribution in [2.75, 3.05) is 20.8 Å². The number of carbonyl (C=O) groups is 2. The molecule has 0 saturated carbocycles. The summed E-state index contributed by atoms with van der Waals surface area (Å²) in [6, 6.07) is 13.3. The molecular weight excluding hydrogens is 392 g/mol. The highest BCUT2D eigenvalue weighted by atomic mass is 32.1. The highest BCUT2D eigenvalue weighted by Gasteiger charge is 2.41. The summed E-state index contributed by atoms with van der Waals surface area (Å²) in [5.74, 6) is -1.62. The molecule has 0 spiro atoms. The molecule has 0 aliphatic carbocycles. The fraction of sp³-hybridized carbons (Fsp3) is 0.238. The van der Waals surface area contributed by atoms with Crippen LogP contribution in [0.3, 0.4) is 0 Å². The van der Waals surface area contributed by atoms with Gasteiger partial charge in [0, 0.05) is 19.9 Å². The standard InChI is InChI=1S/C21H22N2O5S/c1-26-21(15-24,27-2)23-13-17(10-11-18(23)19-9-6-12-29-19)22-20(25)28-14-16-7-4-3-5-8-16/h3-12,15H,13-14H2,1-2H3,(H,22,25). The number of ether oxygens (including phenoxy) is 3. The lowest BCUT2D eigenvalue weighted by molar-refractivity contribution is -0.249. The second-order valence-corrected chi connectivity index (χ2v) is 7.10. The number of rotatable bonds is 8. The molecular formula is C21H22N2O5S. The SMILES string of the molecule is COC(C=O)(OC)N1CC(NC(=O)OCc2ccccc2)=CC=C1c1cccs1. The summed E-state index contributed by atoms with van der Waals surface area (Å²) >= 11 is 1.52. The average molecular weight is 414 g/mol. The Balaban J connectivity index is 1.76. The first-order valence-electron chi connectivity index (χ1n) is 8.88. The highest BCUT2D eigenvalue weighted by Crippen LogP contribution is 2.33. The summed E-state index contributed by atoms with van der Waals surface area (Å²) in [7, 11) is 2.78. The van der Waals surface area contributed by atoms with Crippen molar-refractivity contribution in [1.29, 1.82) is 0 Å². The molecule has 1 aliphatic heterocycles. The predicted octanol–water partition coefficient (Wildman–Crippen LogP) is 3.36. The van der Waals surface area contributed by atoms with E-state index in [1.165, 1.54) is 25.6 Å². The van der Waals surface area contributed by atoms with E-state index in [2.05, 4.69) is 5.32 Å². The van der Waals surface area contributed by atoms with E-state index in [0.29, 0.717) is 12.0 Å². The molecule has 29 heavy (non-hydrogen) atoms. The lowest BCUT2D eigenvalue weighted by Gasteiger charge is -2.41. The van der Waals surface area contributed by atoms with Crippen LogP contribution in [0.2, 0.25) is 0 Å². The van der Waals surface area contributed by atoms with Gasteiger partial charge in [-0.2, -0.15) is 0 Å². The Morgan fingerprint density at radius 2 is 1.93 bits per heavy atom. The lowest BCUT2D eigenvalue weighted by Crippen LogP contribution is -2.54. The molecule has 0 saturated heterocycles. The maximum absolute atomic E-state index is 12.2. The number of hydrogen-bond donors (Lipinski definition) is 1. The van der Waals surface area contributed by atoms with Gasteiger partial charge in [-0.05, 0) is 29.2 Å². The number of methoxy groups -OCH3 is 2. The molecule has 1 amide bonds. The van der Waals surface area contributed by atoms with Gasteiger partial charge in [-0.3, -0.25) is 10.1 Å². The van der Waals surface area contributed by atoms with Crippen LogP contribution in [-0.4, -0.2) is 44.0 Å². The number of nitrogens with zero attached hydrogens (tertiary/aromatic N) is 1. The van der Waals surface area contributed by atoms with Gasteiger partial charge >= 0.3 is 12.0 Å². The number of allylic oxidation sites excluding steroid dienone is 2. The minimum Gasteiger partial charge on any atom is -0.444 e. The fourth-order valence-corrected chi connectivity index (χ4v) is 3.69. The minimum absolute atomic E-state index is 0.161. The molecule has 0 bridgehead atoms. The third kappa shape index (κ3) is 4.73.